The highest BCUT2D eigenvalue weighted by atomic mass is 16.5. The summed E-state index contributed by atoms with van der Waals surface area (Å²) in [5.41, 5.74) is 0. The van der Waals surface area contributed by atoms with Gasteiger partial charge >= 0.3 is 0 Å². The molecule has 1 atom stereocenters. The van der Waals surface area contributed by atoms with Crippen LogP contribution in [0.4, 0.5) is 0 Å². The van der Waals surface area contributed by atoms with Gasteiger partial charge in [0.15, 0.2) is 0 Å². The molecule has 0 bridgehead atoms. The van der Waals surface area contributed by atoms with Crippen molar-refractivity contribution in [1.82, 2.24) is 5.32 Å². The summed E-state index contributed by atoms with van der Waals surface area (Å²) in [4.78, 5) is 0. The Balaban J connectivity index is 3.50. The lowest BCUT2D eigenvalue weighted by atomic mass is 10.2. The van der Waals surface area contributed by atoms with Gasteiger partial charge in [0.05, 0.1) is 19.3 Å². The molecule has 0 rings (SSSR count). The first-order chi connectivity index (χ1) is 8.70. The predicted molar refractivity (Wildman–Crippen MR) is 78.1 cm³/mol. The Labute approximate surface area is 114 Å². The summed E-state index contributed by atoms with van der Waals surface area (Å²) in [5.74, 6) is 0.699. The van der Waals surface area contributed by atoms with E-state index in [1.54, 1.807) is 0 Å². The Morgan fingerprint density at radius 3 is 2.33 bits per heavy atom. The Hall–Kier alpha value is -0.120. The monoisotopic (exact) mass is 259 g/mol. The summed E-state index contributed by atoms with van der Waals surface area (Å²) in [6, 6.07) is 0. The lowest BCUT2D eigenvalue weighted by Crippen LogP contribution is -2.32. The summed E-state index contributed by atoms with van der Waals surface area (Å²) < 4.78 is 11.4. The van der Waals surface area contributed by atoms with Crippen LogP contribution in [-0.2, 0) is 9.47 Å². The molecule has 0 saturated heterocycles. The van der Waals surface area contributed by atoms with E-state index in [1.807, 2.05) is 0 Å². The molecule has 0 aliphatic heterocycles. The smallest absolute Gasteiger partial charge is 0.0704 e. The summed E-state index contributed by atoms with van der Waals surface area (Å²) >= 11 is 0. The van der Waals surface area contributed by atoms with Gasteiger partial charge in [-0.15, -0.1) is 0 Å². The van der Waals surface area contributed by atoms with Gasteiger partial charge in [-0.3, -0.25) is 0 Å². The molecular weight excluding hydrogens is 226 g/mol. The number of unbranched alkanes of at least 4 members (excludes halogenated alkanes) is 1. The first-order valence-corrected chi connectivity index (χ1v) is 7.60. The maximum Gasteiger partial charge on any atom is 0.0704 e. The van der Waals surface area contributed by atoms with E-state index in [-0.39, 0.29) is 0 Å². The van der Waals surface area contributed by atoms with Crippen molar-refractivity contribution in [2.24, 2.45) is 5.92 Å². The molecule has 3 nitrogen and oxygen atoms in total. The second-order valence-corrected chi connectivity index (χ2v) is 5.30. The minimum absolute atomic E-state index is 0.337. The SMILES string of the molecule is CCCCOCCOC(CCC)CNCC(C)C. The first kappa shape index (κ1) is 17.9. The van der Waals surface area contributed by atoms with Crippen molar-refractivity contribution in [3.05, 3.63) is 0 Å². The fourth-order valence-corrected chi connectivity index (χ4v) is 1.72. The highest BCUT2D eigenvalue weighted by Gasteiger charge is 2.07. The fourth-order valence-electron chi connectivity index (χ4n) is 1.72. The molecule has 0 saturated carbocycles. The van der Waals surface area contributed by atoms with Crippen molar-refractivity contribution in [2.45, 2.75) is 59.5 Å². The van der Waals surface area contributed by atoms with Crippen LogP contribution < -0.4 is 5.32 Å². The van der Waals surface area contributed by atoms with E-state index in [2.05, 4.69) is 33.0 Å². The van der Waals surface area contributed by atoms with E-state index < -0.39 is 0 Å². The van der Waals surface area contributed by atoms with Crippen LogP contribution in [0.3, 0.4) is 0 Å². The molecule has 0 aliphatic rings. The van der Waals surface area contributed by atoms with E-state index in [9.17, 15) is 0 Å². The molecular formula is C15H33NO2. The number of rotatable bonds is 13. The second kappa shape index (κ2) is 13.3. The summed E-state index contributed by atoms with van der Waals surface area (Å²) in [6.07, 6.45) is 4.97. The Morgan fingerprint density at radius 1 is 0.944 bits per heavy atom. The summed E-state index contributed by atoms with van der Waals surface area (Å²) in [6.45, 7) is 13.2. The van der Waals surface area contributed by atoms with Gasteiger partial charge in [-0.2, -0.15) is 0 Å². The molecule has 0 aromatic rings. The molecule has 0 amide bonds. The molecule has 18 heavy (non-hydrogen) atoms. The van der Waals surface area contributed by atoms with Gasteiger partial charge in [0, 0.05) is 13.2 Å². The molecule has 3 heteroatoms. The molecule has 0 aliphatic carbocycles. The van der Waals surface area contributed by atoms with Crippen molar-refractivity contribution in [1.29, 1.82) is 0 Å². The third-order valence-corrected chi connectivity index (χ3v) is 2.76. The molecule has 0 aromatic heterocycles. The third kappa shape index (κ3) is 12.3. The summed E-state index contributed by atoms with van der Waals surface area (Å²) in [5, 5.41) is 3.47. The van der Waals surface area contributed by atoms with Crippen molar-refractivity contribution < 1.29 is 9.47 Å². The van der Waals surface area contributed by atoms with Crippen molar-refractivity contribution in [2.75, 3.05) is 32.9 Å². The Morgan fingerprint density at radius 2 is 1.72 bits per heavy atom. The molecule has 1 N–H and O–H groups in total. The zero-order valence-corrected chi connectivity index (χ0v) is 12.8. The van der Waals surface area contributed by atoms with Gasteiger partial charge < -0.3 is 14.8 Å². The van der Waals surface area contributed by atoms with E-state index in [0.29, 0.717) is 12.0 Å². The number of nitrogens with one attached hydrogen (secondary N) is 1. The highest BCUT2D eigenvalue weighted by molar-refractivity contribution is 4.62. The molecule has 0 radical (unpaired) electrons. The molecule has 0 aromatic carbocycles. The molecule has 0 heterocycles. The average molecular weight is 259 g/mol. The van der Waals surface area contributed by atoms with Crippen molar-refractivity contribution in [3.8, 4) is 0 Å². The molecule has 1 unspecified atom stereocenters. The second-order valence-electron chi connectivity index (χ2n) is 5.30. The van der Waals surface area contributed by atoms with Gasteiger partial charge in [0.25, 0.3) is 0 Å². The Kier molecular flexibility index (Phi) is 13.2. The Bertz CT molecular complexity index is 163. The van der Waals surface area contributed by atoms with Gasteiger partial charge in [0.1, 0.15) is 0 Å². The van der Waals surface area contributed by atoms with Crippen molar-refractivity contribution >= 4 is 0 Å². The maximum absolute atomic E-state index is 5.86. The largest absolute Gasteiger partial charge is 0.379 e. The quantitative estimate of drug-likeness (QED) is 0.515. The lowest BCUT2D eigenvalue weighted by Gasteiger charge is -2.18. The minimum atomic E-state index is 0.337. The van der Waals surface area contributed by atoms with Crippen LogP contribution in [0.25, 0.3) is 0 Å². The lowest BCUT2D eigenvalue weighted by molar-refractivity contribution is 0.000977. The van der Waals surface area contributed by atoms with Crippen LogP contribution in [-0.4, -0.2) is 39.0 Å². The van der Waals surface area contributed by atoms with Crippen LogP contribution in [0.2, 0.25) is 0 Å². The van der Waals surface area contributed by atoms with E-state index in [4.69, 9.17) is 9.47 Å². The zero-order valence-electron chi connectivity index (χ0n) is 12.8. The first-order valence-electron chi connectivity index (χ1n) is 7.60. The third-order valence-electron chi connectivity index (χ3n) is 2.76. The average Bonchev–Trinajstić information content (AvgIpc) is 2.33. The molecule has 0 spiro atoms. The number of ether oxygens (including phenoxy) is 2. The maximum atomic E-state index is 5.86. The van der Waals surface area contributed by atoms with Gasteiger partial charge in [-0.1, -0.05) is 40.5 Å². The fraction of sp³-hybridized carbons (Fsp3) is 1.00. The van der Waals surface area contributed by atoms with Crippen LogP contribution >= 0.6 is 0 Å². The standard InChI is InChI=1S/C15H33NO2/c1-5-7-9-17-10-11-18-15(8-6-2)13-16-12-14(3)4/h14-16H,5-13H2,1-4H3. The van der Waals surface area contributed by atoms with Crippen LogP contribution in [0.5, 0.6) is 0 Å². The van der Waals surface area contributed by atoms with Gasteiger partial charge in [0.2, 0.25) is 0 Å². The topological polar surface area (TPSA) is 30.5 Å². The molecule has 110 valence electrons. The van der Waals surface area contributed by atoms with Crippen molar-refractivity contribution in [3.63, 3.8) is 0 Å². The van der Waals surface area contributed by atoms with E-state index >= 15 is 0 Å². The van der Waals surface area contributed by atoms with Crippen LogP contribution in [0.1, 0.15) is 53.4 Å². The number of hydrogen-bond acceptors (Lipinski definition) is 3. The molecule has 0 fully saturated rings. The minimum Gasteiger partial charge on any atom is -0.379 e. The van der Waals surface area contributed by atoms with Gasteiger partial charge in [-0.25, -0.2) is 0 Å². The van der Waals surface area contributed by atoms with E-state index in [0.717, 1.165) is 45.8 Å². The zero-order chi connectivity index (χ0) is 13.6. The van der Waals surface area contributed by atoms with Crippen LogP contribution in [0, 0.1) is 5.92 Å². The van der Waals surface area contributed by atoms with Gasteiger partial charge in [-0.05, 0) is 25.3 Å². The highest BCUT2D eigenvalue weighted by Crippen LogP contribution is 2.02. The summed E-state index contributed by atoms with van der Waals surface area (Å²) in [7, 11) is 0. The number of hydrogen-bond donors (Lipinski definition) is 1. The van der Waals surface area contributed by atoms with Crippen LogP contribution in [0.15, 0.2) is 0 Å². The van der Waals surface area contributed by atoms with E-state index in [1.165, 1.54) is 12.8 Å². The normalized spacial score (nSPS) is 13.2. The predicted octanol–water partition coefficient (Wildman–Crippen LogP) is 3.23.